The number of aryl methyl sites for hydroxylation is 1. The van der Waals surface area contributed by atoms with Crippen molar-refractivity contribution in [3.8, 4) is 0 Å². The molecule has 90 valence electrons. The summed E-state index contributed by atoms with van der Waals surface area (Å²) in [5, 5.41) is 0. The standard InChI is InChI=1S/C12H15N3O2/c1-7-4-5-9-10(12(16)17-3)14-11(8(2)13)15(9)6-7/h4-6,8H,13H2,1-3H3. The monoisotopic (exact) mass is 233 g/mol. The minimum absolute atomic E-state index is 0.247. The van der Waals surface area contributed by atoms with E-state index in [0.717, 1.165) is 11.1 Å². The molecule has 2 N–H and O–H groups in total. The summed E-state index contributed by atoms with van der Waals surface area (Å²) in [7, 11) is 1.34. The molecule has 2 rings (SSSR count). The van der Waals surface area contributed by atoms with Crippen molar-refractivity contribution in [2.24, 2.45) is 5.73 Å². The van der Waals surface area contributed by atoms with Crippen molar-refractivity contribution in [2.75, 3.05) is 7.11 Å². The lowest BCUT2D eigenvalue weighted by atomic mass is 10.2. The lowest BCUT2D eigenvalue weighted by Crippen LogP contribution is -2.10. The first-order chi connectivity index (χ1) is 8.04. The third kappa shape index (κ3) is 1.89. The van der Waals surface area contributed by atoms with E-state index in [0.29, 0.717) is 11.5 Å². The van der Waals surface area contributed by atoms with Gasteiger partial charge in [0.15, 0.2) is 5.69 Å². The zero-order valence-corrected chi connectivity index (χ0v) is 10.1. The van der Waals surface area contributed by atoms with Gasteiger partial charge < -0.3 is 14.9 Å². The highest BCUT2D eigenvalue weighted by Gasteiger charge is 2.19. The number of hydrogen-bond donors (Lipinski definition) is 1. The van der Waals surface area contributed by atoms with E-state index in [2.05, 4.69) is 4.98 Å². The summed E-state index contributed by atoms with van der Waals surface area (Å²) in [6, 6.07) is 3.53. The molecule has 2 heterocycles. The molecule has 5 heteroatoms. The van der Waals surface area contributed by atoms with E-state index < -0.39 is 5.97 Å². The average Bonchev–Trinajstić information content (AvgIpc) is 2.66. The molecule has 2 aromatic rings. The normalized spacial score (nSPS) is 12.7. The minimum Gasteiger partial charge on any atom is -0.464 e. The zero-order chi connectivity index (χ0) is 12.6. The van der Waals surface area contributed by atoms with Crippen molar-refractivity contribution in [2.45, 2.75) is 19.9 Å². The number of carbonyl (C=O) groups excluding carboxylic acids is 1. The van der Waals surface area contributed by atoms with Gasteiger partial charge in [0.25, 0.3) is 0 Å². The predicted molar refractivity (Wildman–Crippen MR) is 63.9 cm³/mol. The summed E-state index contributed by atoms with van der Waals surface area (Å²) in [6.07, 6.45) is 1.91. The molecule has 0 fully saturated rings. The Kier molecular flexibility index (Phi) is 2.85. The van der Waals surface area contributed by atoms with Gasteiger partial charge in [-0.05, 0) is 25.5 Å². The van der Waals surface area contributed by atoms with Crippen molar-refractivity contribution in [1.82, 2.24) is 9.38 Å². The largest absolute Gasteiger partial charge is 0.464 e. The van der Waals surface area contributed by atoms with Gasteiger partial charge in [0, 0.05) is 6.20 Å². The highest BCUT2D eigenvalue weighted by Crippen LogP contribution is 2.18. The Morgan fingerprint density at radius 3 is 2.82 bits per heavy atom. The van der Waals surface area contributed by atoms with E-state index in [4.69, 9.17) is 10.5 Å². The molecule has 0 amide bonds. The molecule has 1 unspecified atom stereocenters. The van der Waals surface area contributed by atoms with Crippen molar-refractivity contribution >= 4 is 11.5 Å². The number of aromatic nitrogens is 2. The molecule has 5 nitrogen and oxygen atoms in total. The van der Waals surface area contributed by atoms with E-state index in [1.165, 1.54) is 7.11 Å². The van der Waals surface area contributed by atoms with Crippen LogP contribution in [0.15, 0.2) is 18.3 Å². The highest BCUT2D eigenvalue weighted by atomic mass is 16.5. The number of imidazole rings is 1. The van der Waals surface area contributed by atoms with E-state index >= 15 is 0 Å². The van der Waals surface area contributed by atoms with Crippen molar-refractivity contribution in [1.29, 1.82) is 0 Å². The second-order valence-electron chi connectivity index (χ2n) is 4.06. The number of fused-ring (bicyclic) bond motifs is 1. The van der Waals surface area contributed by atoms with E-state index in [9.17, 15) is 4.79 Å². The van der Waals surface area contributed by atoms with E-state index in [1.807, 2.05) is 36.6 Å². The Balaban J connectivity index is 2.75. The third-order valence-corrected chi connectivity index (χ3v) is 2.60. The molecule has 0 aliphatic heterocycles. The molecule has 0 bridgehead atoms. The maximum Gasteiger partial charge on any atom is 0.358 e. The molecule has 0 radical (unpaired) electrons. The molecule has 0 saturated carbocycles. The molecule has 2 aromatic heterocycles. The van der Waals surface area contributed by atoms with Crippen molar-refractivity contribution in [3.63, 3.8) is 0 Å². The smallest absolute Gasteiger partial charge is 0.358 e. The second kappa shape index (κ2) is 4.18. The topological polar surface area (TPSA) is 69.6 Å². The average molecular weight is 233 g/mol. The quantitative estimate of drug-likeness (QED) is 0.797. The van der Waals surface area contributed by atoms with Crippen LogP contribution in [0.5, 0.6) is 0 Å². The summed E-state index contributed by atoms with van der Waals surface area (Å²) < 4.78 is 6.55. The van der Waals surface area contributed by atoms with Gasteiger partial charge in [-0.25, -0.2) is 9.78 Å². The molecule has 17 heavy (non-hydrogen) atoms. The molecular formula is C12H15N3O2. The van der Waals surface area contributed by atoms with Gasteiger partial charge in [-0.1, -0.05) is 6.07 Å². The first kappa shape index (κ1) is 11.6. The minimum atomic E-state index is -0.446. The number of hydrogen-bond acceptors (Lipinski definition) is 4. The Hall–Kier alpha value is -1.88. The van der Waals surface area contributed by atoms with Gasteiger partial charge in [-0.2, -0.15) is 0 Å². The Bertz CT molecular complexity index is 572. The van der Waals surface area contributed by atoms with Crippen LogP contribution in [0.25, 0.3) is 5.52 Å². The van der Waals surface area contributed by atoms with E-state index in [1.54, 1.807) is 0 Å². The fraction of sp³-hybridized carbons (Fsp3) is 0.333. The Labute approximate surface area is 99.2 Å². The fourth-order valence-electron chi connectivity index (χ4n) is 1.78. The highest BCUT2D eigenvalue weighted by molar-refractivity contribution is 5.95. The first-order valence-electron chi connectivity index (χ1n) is 5.37. The second-order valence-corrected chi connectivity index (χ2v) is 4.06. The molecule has 0 saturated heterocycles. The van der Waals surface area contributed by atoms with Crippen molar-refractivity contribution in [3.05, 3.63) is 35.4 Å². The number of nitrogens with two attached hydrogens (primary N) is 1. The summed E-state index contributed by atoms with van der Waals surface area (Å²) in [4.78, 5) is 15.9. The Morgan fingerprint density at radius 1 is 1.53 bits per heavy atom. The lowest BCUT2D eigenvalue weighted by Gasteiger charge is -2.04. The predicted octanol–water partition coefficient (Wildman–Crippen LogP) is 1.45. The molecule has 0 aromatic carbocycles. The summed E-state index contributed by atoms with van der Waals surface area (Å²) in [5.74, 6) is 0.211. The van der Waals surface area contributed by atoms with Gasteiger partial charge in [0.05, 0.1) is 18.7 Å². The number of ether oxygens (including phenoxy) is 1. The van der Waals surface area contributed by atoms with Crippen LogP contribution in [0.2, 0.25) is 0 Å². The van der Waals surface area contributed by atoms with Gasteiger partial charge in [-0.15, -0.1) is 0 Å². The summed E-state index contributed by atoms with van der Waals surface area (Å²) >= 11 is 0. The number of pyridine rings is 1. The van der Waals surface area contributed by atoms with Crippen LogP contribution in [-0.4, -0.2) is 22.5 Å². The van der Waals surface area contributed by atoms with Gasteiger partial charge >= 0.3 is 5.97 Å². The first-order valence-corrected chi connectivity index (χ1v) is 5.37. The van der Waals surface area contributed by atoms with Crippen LogP contribution in [0, 0.1) is 6.92 Å². The van der Waals surface area contributed by atoms with Gasteiger partial charge in [-0.3, -0.25) is 0 Å². The zero-order valence-electron chi connectivity index (χ0n) is 10.1. The maximum atomic E-state index is 11.6. The number of carbonyl (C=O) groups is 1. The van der Waals surface area contributed by atoms with Crippen LogP contribution >= 0.6 is 0 Å². The molecule has 0 aliphatic rings. The number of methoxy groups -OCH3 is 1. The molecule has 1 atom stereocenters. The van der Waals surface area contributed by atoms with Crippen LogP contribution in [0.3, 0.4) is 0 Å². The molecule has 0 aliphatic carbocycles. The van der Waals surface area contributed by atoms with Crippen LogP contribution < -0.4 is 5.73 Å². The fourth-order valence-corrected chi connectivity index (χ4v) is 1.78. The SMILES string of the molecule is COC(=O)c1nc(C(C)N)n2cc(C)ccc12. The van der Waals surface area contributed by atoms with E-state index in [-0.39, 0.29) is 6.04 Å². The van der Waals surface area contributed by atoms with Crippen molar-refractivity contribution < 1.29 is 9.53 Å². The summed E-state index contributed by atoms with van der Waals surface area (Å²) in [6.45, 7) is 3.81. The number of esters is 1. The van der Waals surface area contributed by atoms with Crippen LogP contribution in [0.4, 0.5) is 0 Å². The third-order valence-electron chi connectivity index (χ3n) is 2.60. The molecule has 0 spiro atoms. The summed E-state index contributed by atoms with van der Waals surface area (Å²) in [5.41, 5.74) is 7.95. The maximum absolute atomic E-state index is 11.6. The van der Waals surface area contributed by atoms with Gasteiger partial charge in [0.2, 0.25) is 0 Å². The number of nitrogens with zero attached hydrogens (tertiary/aromatic N) is 2. The van der Waals surface area contributed by atoms with Gasteiger partial charge in [0.1, 0.15) is 5.82 Å². The van der Waals surface area contributed by atoms with Crippen LogP contribution in [0.1, 0.15) is 34.8 Å². The number of rotatable bonds is 2. The Morgan fingerprint density at radius 2 is 2.24 bits per heavy atom. The lowest BCUT2D eigenvalue weighted by molar-refractivity contribution is 0.0597. The molecular weight excluding hydrogens is 218 g/mol. The van der Waals surface area contributed by atoms with Crippen LogP contribution in [-0.2, 0) is 4.74 Å².